The highest BCUT2D eigenvalue weighted by Gasteiger charge is 2.19. The van der Waals surface area contributed by atoms with E-state index in [2.05, 4.69) is 0 Å². The summed E-state index contributed by atoms with van der Waals surface area (Å²) in [7, 11) is 1.38. The predicted molar refractivity (Wildman–Crippen MR) is 107 cm³/mol. The molecule has 0 aliphatic heterocycles. The first-order chi connectivity index (χ1) is 13.3. The van der Waals surface area contributed by atoms with Crippen LogP contribution >= 0.6 is 0 Å². The van der Waals surface area contributed by atoms with Crippen molar-refractivity contribution < 1.29 is 13.9 Å². The molecule has 136 valence electrons. The number of methoxy groups -OCH3 is 1. The SMILES string of the molecule is COC(=O)C(C/C=C/c1ccco1)N=C(c1ccccc1)c1ccccc1. The van der Waals surface area contributed by atoms with Crippen LogP contribution in [0.5, 0.6) is 0 Å². The predicted octanol–water partition coefficient (Wildman–Crippen LogP) is 4.76. The van der Waals surface area contributed by atoms with Gasteiger partial charge in [0.2, 0.25) is 0 Å². The normalized spacial score (nSPS) is 11.9. The number of hydrogen-bond acceptors (Lipinski definition) is 4. The molecule has 0 N–H and O–H groups in total. The first-order valence-corrected chi connectivity index (χ1v) is 8.74. The topological polar surface area (TPSA) is 51.8 Å². The number of carbonyl (C=O) groups is 1. The standard InChI is InChI=1S/C23H21NO3/c1-26-23(25)21(16-8-14-20-15-9-17-27-20)24-22(18-10-4-2-5-11-18)19-12-6-3-7-13-19/h2-15,17,21H,16H2,1H3/b14-8+. The maximum absolute atomic E-state index is 12.3. The van der Waals surface area contributed by atoms with Crippen LogP contribution in [-0.2, 0) is 9.53 Å². The number of benzene rings is 2. The molecule has 0 bridgehead atoms. The Bertz CT molecular complexity index is 856. The van der Waals surface area contributed by atoms with Crippen molar-refractivity contribution in [3.8, 4) is 0 Å². The van der Waals surface area contributed by atoms with Gasteiger partial charge in [-0.05, 0) is 24.6 Å². The molecule has 0 saturated heterocycles. The Hall–Kier alpha value is -3.40. The highest BCUT2D eigenvalue weighted by atomic mass is 16.5. The number of ether oxygens (including phenoxy) is 1. The van der Waals surface area contributed by atoms with Crippen LogP contribution < -0.4 is 0 Å². The highest BCUT2D eigenvalue weighted by Crippen LogP contribution is 2.15. The molecule has 1 heterocycles. The van der Waals surface area contributed by atoms with Gasteiger partial charge < -0.3 is 9.15 Å². The van der Waals surface area contributed by atoms with Crippen molar-refractivity contribution >= 4 is 17.8 Å². The van der Waals surface area contributed by atoms with Crippen LogP contribution in [0, 0.1) is 0 Å². The van der Waals surface area contributed by atoms with Gasteiger partial charge in [0, 0.05) is 11.1 Å². The molecule has 1 atom stereocenters. The lowest BCUT2D eigenvalue weighted by molar-refractivity contribution is -0.141. The van der Waals surface area contributed by atoms with Gasteiger partial charge >= 0.3 is 5.97 Å². The molecular weight excluding hydrogens is 338 g/mol. The molecule has 4 nitrogen and oxygen atoms in total. The molecular formula is C23H21NO3. The number of rotatable bonds is 7. The average molecular weight is 359 g/mol. The van der Waals surface area contributed by atoms with E-state index in [1.165, 1.54) is 7.11 Å². The van der Waals surface area contributed by atoms with Gasteiger partial charge in [0.25, 0.3) is 0 Å². The molecule has 1 unspecified atom stereocenters. The summed E-state index contributed by atoms with van der Waals surface area (Å²) in [6.45, 7) is 0. The van der Waals surface area contributed by atoms with E-state index in [4.69, 9.17) is 14.1 Å². The Morgan fingerprint density at radius 1 is 1.00 bits per heavy atom. The third kappa shape index (κ3) is 5.05. The van der Waals surface area contributed by atoms with Crippen LogP contribution in [0.25, 0.3) is 6.08 Å². The van der Waals surface area contributed by atoms with Gasteiger partial charge in [-0.25, -0.2) is 4.79 Å². The quantitative estimate of drug-likeness (QED) is 0.451. The molecule has 0 saturated carbocycles. The largest absolute Gasteiger partial charge is 0.467 e. The summed E-state index contributed by atoms with van der Waals surface area (Å²) in [4.78, 5) is 17.1. The van der Waals surface area contributed by atoms with Crippen LogP contribution in [0.4, 0.5) is 0 Å². The molecule has 4 heteroatoms. The fourth-order valence-electron chi connectivity index (χ4n) is 2.70. The van der Waals surface area contributed by atoms with Crippen molar-refractivity contribution in [1.82, 2.24) is 0 Å². The summed E-state index contributed by atoms with van der Waals surface area (Å²) in [6.07, 6.45) is 5.72. The van der Waals surface area contributed by atoms with Gasteiger partial charge in [0.15, 0.2) is 6.04 Å². The molecule has 0 amide bonds. The Kier molecular flexibility index (Phi) is 6.36. The maximum Gasteiger partial charge on any atom is 0.330 e. The lowest BCUT2D eigenvalue weighted by Gasteiger charge is -2.13. The number of nitrogens with zero attached hydrogens (tertiary/aromatic N) is 1. The molecule has 0 aliphatic rings. The van der Waals surface area contributed by atoms with E-state index in [1.807, 2.05) is 84.9 Å². The van der Waals surface area contributed by atoms with Crippen LogP contribution in [0.15, 0.2) is 94.5 Å². The molecule has 1 aromatic heterocycles. The van der Waals surface area contributed by atoms with Crippen molar-refractivity contribution in [2.24, 2.45) is 4.99 Å². The molecule has 3 aromatic rings. The first kappa shape index (κ1) is 18.4. The van der Waals surface area contributed by atoms with E-state index >= 15 is 0 Å². The smallest absolute Gasteiger partial charge is 0.330 e. The van der Waals surface area contributed by atoms with Crippen LogP contribution in [-0.4, -0.2) is 24.8 Å². The van der Waals surface area contributed by atoms with Crippen molar-refractivity contribution in [3.63, 3.8) is 0 Å². The van der Waals surface area contributed by atoms with Crippen molar-refractivity contribution in [1.29, 1.82) is 0 Å². The summed E-state index contributed by atoms with van der Waals surface area (Å²) >= 11 is 0. The summed E-state index contributed by atoms with van der Waals surface area (Å²) < 4.78 is 10.3. The van der Waals surface area contributed by atoms with Crippen molar-refractivity contribution in [2.45, 2.75) is 12.5 Å². The van der Waals surface area contributed by atoms with E-state index in [1.54, 1.807) is 6.26 Å². The van der Waals surface area contributed by atoms with Crippen LogP contribution in [0.1, 0.15) is 23.3 Å². The number of esters is 1. The van der Waals surface area contributed by atoms with E-state index in [-0.39, 0.29) is 5.97 Å². The van der Waals surface area contributed by atoms with Gasteiger partial charge in [0.1, 0.15) is 5.76 Å². The van der Waals surface area contributed by atoms with Gasteiger partial charge in [-0.1, -0.05) is 66.7 Å². The minimum absolute atomic E-state index is 0.372. The van der Waals surface area contributed by atoms with Gasteiger partial charge in [-0.2, -0.15) is 0 Å². The zero-order chi connectivity index (χ0) is 18.9. The second kappa shape index (κ2) is 9.34. The van der Waals surface area contributed by atoms with Crippen LogP contribution in [0.2, 0.25) is 0 Å². The third-order valence-electron chi connectivity index (χ3n) is 4.04. The van der Waals surface area contributed by atoms with E-state index in [0.717, 1.165) is 22.6 Å². The minimum atomic E-state index is -0.642. The molecule has 0 radical (unpaired) electrons. The molecule has 0 spiro atoms. The number of hydrogen-bond donors (Lipinski definition) is 0. The van der Waals surface area contributed by atoms with Crippen molar-refractivity contribution in [3.05, 3.63) is 102 Å². The second-order valence-corrected chi connectivity index (χ2v) is 5.90. The monoisotopic (exact) mass is 359 g/mol. The summed E-state index contributed by atoms with van der Waals surface area (Å²) in [5, 5.41) is 0. The fraction of sp³-hybridized carbons (Fsp3) is 0.130. The lowest BCUT2D eigenvalue weighted by Crippen LogP contribution is -2.22. The van der Waals surface area contributed by atoms with Gasteiger partial charge in [-0.3, -0.25) is 4.99 Å². The molecule has 3 rings (SSSR count). The zero-order valence-electron chi connectivity index (χ0n) is 15.1. The Morgan fingerprint density at radius 3 is 2.15 bits per heavy atom. The van der Waals surface area contributed by atoms with E-state index in [0.29, 0.717) is 6.42 Å². The molecule has 2 aromatic carbocycles. The number of aliphatic imine (C=N–C) groups is 1. The highest BCUT2D eigenvalue weighted by molar-refractivity contribution is 6.13. The van der Waals surface area contributed by atoms with E-state index in [9.17, 15) is 4.79 Å². The number of furan rings is 1. The summed E-state index contributed by atoms with van der Waals surface area (Å²) in [5.74, 6) is 0.359. The molecule has 0 fully saturated rings. The summed E-state index contributed by atoms with van der Waals surface area (Å²) in [6, 6.07) is 22.7. The number of carbonyl (C=O) groups excluding carboxylic acids is 1. The van der Waals surface area contributed by atoms with Gasteiger partial charge in [-0.15, -0.1) is 0 Å². The molecule has 0 aliphatic carbocycles. The fourth-order valence-corrected chi connectivity index (χ4v) is 2.70. The van der Waals surface area contributed by atoms with Crippen molar-refractivity contribution in [2.75, 3.05) is 7.11 Å². The Balaban J connectivity index is 1.94. The van der Waals surface area contributed by atoms with Gasteiger partial charge in [0.05, 0.1) is 19.1 Å². The minimum Gasteiger partial charge on any atom is -0.467 e. The van der Waals surface area contributed by atoms with Crippen LogP contribution in [0.3, 0.4) is 0 Å². The molecule has 27 heavy (non-hydrogen) atoms. The van der Waals surface area contributed by atoms with E-state index < -0.39 is 6.04 Å². The summed E-state index contributed by atoms with van der Waals surface area (Å²) in [5.41, 5.74) is 2.67. The third-order valence-corrected chi connectivity index (χ3v) is 4.04. The maximum atomic E-state index is 12.3. The Morgan fingerprint density at radius 2 is 1.63 bits per heavy atom. The second-order valence-electron chi connectivity index (χ2n) is 5.90. The Labute approximate surface area is 158 Å². The lowest BCUT2D eigenvalue weighted by atomic mass is 10.0. The first-order valence-electron chi connectivity index (χ1n) is 8.74. The average Bonchev–Trinajstić information content (AvgIpc) is 3.25. The zero-order valence-corrected chi connectivity index (χ0v) is 15.1.